The number of carboxylic acids is 1. The van der Waals surface area contributed by atoms with Crippen molar-refractivity contribution < 1.29 is 97.4 Å². The SMILES string of the molecule is CO.C[O-].[2H]c1c([2H])c([2H])c(Oc2ccc3c(O)c(C(=O)NCC(=O)O)nc(C)c3c2)c([2H])c1[2H].[2H]c1c([2H])c([2H])c(Oc2ccc3c(O)c(C(=O)OC)nc(C)c3c2)c([2H])c1[2H].[Na+]. The summed E-state index contributed by atoms with van der Waals surface area (Å²) >= 11 is 0. The molecule has 0 radical (unpaired) electrons. The average Bonchev–Trinajstić information content (AvgIpc) is 3.29. The molecule has 0 aliphatic rings. The molecule has 0 aliphatic carbocycles. The number of aliphatic hydroxyl groups is 1. The smallest absolute Gasteiger partial charge is 0.857 e. The number of nitrogens with zero attached hydrogens (tertiary/aromatic N) is 2. The van der Waals surface area contributed by atoms with Gasteiger partial charge in [-0.1, -0.05) is 36.3 Å². The van der Waals surface area contributed by atoms with Crippen LogP contribution in [0.5, 0.6) is 34.5 Å². The summed E-state index contributed by atoms with van der Waals surface area (Å²) in [6.07, 6.45) is 0. The van der Waals surface area contributed by atoms with Crippen molar-refractivity contribution in [2.24, 2.45) is 0 Å². The summed E-state index contributed by atoms with van der Waals surface area (Å²) in [7, 11) is 2.93. The first kappa shape index (κ1) is 30.7. The van der Waals surface area contributed by atoms with Gasteiger partial charge in [-0.15, -0.1) is 0 Å². The number of pyridine rings is 2. The number of rotatable bonds is 8. The molecule has 15 heteroatoms. The number of para-hydroxylation sites is 2. The Labute approximate surface area is 347 Å². The number of benzene rings is 4. The van der Waals surface area contributed by atoms with Crippen molar-refractivity contribution in [3.05, 3.63) is 120 Å². The van der Waals surface area contributed by atoms with E-state index in [0.29, 0.717) is 27.5 Å². The molecule has 2 aromatic heterocycles. The third kappa shape index (κ3) is 11.4. The van der Waals surface area contributed by atoms with E-state index in [1.165, 1.54) is 43.5 Å². The molecule has 14 nitrogen and oxygen atoms in total. The van der Waals surface area contributed by atoms with Crippen LogP contribution in [0.4, 0.5) is 0 Å². The number of aromatic nitrogens is 2. The molecule has 0 aliphatic heterocycles. The maximum atomic E-state index is 12.1. The fourth-order valence-corrected chi connectivity index (χ4v) is 4.45. The number of aromatic hydroxyl groups is 2. The predicted octanol–water partition coefficient (Wildman–Crippen LogP) is 2.27. The van der Waals surface area contributed by atoms with Gasteiger partial charge in [-0.3, -0.25) is 9.59 Å². The van der Waals surface area contributed by atoms with Crippen LogP contribution in [0.3, 0.4) is 0 Å². The molecular weight excluding hydrogens is 709 g/mol. The van der Waals surface area contributed by atoms with Crippen molar-refractivity contribution >= 4 is 39.4 Å². The summed E-state index contributed by atoms with van der Waals surface area (Å²) in [4.78, 5) is 42.6. The van der Waals surface area contributed by atoms with Crippen molar-refractivity contribution in [2.75, 3.05) is 27.9 Å². The van der Waals surface area contributed by atoms with E-state index >= 15 is 0 Å². The van der Waals surface area contributed by atoms with E-state index in [1.807, 2.05) is 0 Å². The van der Waals surface area contributed by atoms with Crippen LogP contribution < -0.4 is 49.5 Å². The number of hydrogen-bond donors (Lipinski definition) is 5. The van der Waals surface area contributed by atoms with Crippen LogP contribution in [0.2, 0.25) is 0 Å². The van der Waals surface area contributed by atoms with Crippen LogP contribution in [0, 0.1) is 13.8 Å². The second-order valence-electron chi connectivity index (χ2n) is 9.88. The minimum Gasteiger partial charge on any atom is -0.857 e. The van der Waals surface area contributed by atoms with Crippen LogP contribution in [0.1, 0.15) is 46.1 Å². The number of aliphatic hydroxyl groups excluding tert-OH is 1. The van der Waals surface area contributed by atoms with E-state index in [4.69, 9.17) is 38.5 Å². The van der Waals surface area contributed by atoms with Gasteiger partial charge in [-0.25, -0.2) is 14.8 Å². The summed E-state index contributed by atoms with van der Waals surface area (Å²) < 4.78 is 93.5. The summed E-state index contributed by atoms with van der Waals surface area (Å²) in [5.41, 5.74) is 0.178. The van der Waals surface area contributed by atoms with Crippen LogP contribution in [-0.4, -0.2) is 76.1 Å². The molecule has 1 amide bonds. The van der Waals surface area contributed by atoms with Crippen molar-refractivity contribution in [3.8, 4) is 34.5 Å². The van der Waals surface area contributed by atoms with Gasteiger partial charge in [0.05, 0.1) is 20.8 Å². The van der Waals surface area contributed by atoms with Gasteiger partial charge in [0, 0.05) is 40.0 Å². The second kappa shape index (κ2) is 21.7. The first-order chi connectivity index (χ1) is 29.7. The van der Waals surface area contributed by atoms with Crippen molar-refractivity contribution in [1.82, 2.24) is 15.3 Å². The average molecular weight is 758 g/mol. The van der Waals surface area contributed by atoms with Crippen LogP contribution in [0.15, 0.2) is 96.8 Å². The number of carboxylic acid groups (broad SMARTS) is 1. The molecular formula is C39H38N3NaO11. The molecule has 4 aromatic carbocycles. The Hall–Kier alpha value is -5.77. The van der Waals surface area contributed by atoms with Crippen molar-refractivity contribution in [3.63, 3.8) is 0 Å². The Bertz CT molecular complexity index is 2710. The molecule has 0 atom stereocenters. The number of carbonyl (C=O) groups excluding carboxylic acids is 2. The molecule has 0 unspecified atom stereocenters. The molecule has 0 bridgehead atoms. The predicted molar refractivity (Wildman–Crippen MR) is 195 cm³/mol. The van der Waals surface area contributed by atoms with Crippen LogP contribution in [0.25, 0.3) is 21.5 Å². The van der Waals surface area contributed by atoms with Crippen LogP contribution in [-0.2, 0) is 9.53 Å². The van der Waals surface area contributed by atoms with E-state index in [9.17, 15) is 24.6 Å². The van der Waals surface area contributed by atoms with Crippen LogP contribution >= 0.6 is 0 Å². The fraction of sp³-hybridized carbons (Fsp3) is 0.154. The Morgan fingerprint density at radius 2 is 1.11 bits per heavy atom. The monoisotopic (exact) mass is 757 g/mol. The summed E-state index contributed by atoms with van der Waals surface area (Å²) in [6.45, 7) is 2.55. The Balaban J connectivity index is 0.000000404. The molecule has 0 fully saturated rings. The number of hydrogen-bond acceptors (Lipinski definition) is 12. The Morgan fingerprint density at radius 1 is 0.704 bits per heavy atom. The van der Waals surface area contributed by atoms with Gasteiger partial charge in [-0.05, 0) is 74.4 Å². The van der Waals surface area contributed by atoms with Gasteiger partial charge in [0.25, 0.3) is 5.91 Å². The molecule has 276 valence electrons. The van der Waals surface area contributed by atoms with Gasteiger partial charge < -0.3 is 45.1 Å². The maximum absolute atomic E-state index is 12.1. The van der Waals surface area contributed by atoms with Gasteiger partial charge in [0.15, 0.2) is 22.9 Å². The fourth-order valence-electron chi connectivity index (χ4n) is 4.45. The van der Waals surface area contributed by atoms with E-state index in [-0.39, 0.29) is 75.1 Å². The first-order valence-electron chi connectivity index (χ1n) is 19.9. The van der Waals surface area contributed by atoms with E-state index < -0.39 is 90.6 Å². The minimum atomic E-state index is -1.25. The van der Waals surface area contributed by atoms with Crippen molar-refractivity contribution in [2.45, 2.75) is 13.8 Å². The maximum Gasteiger partial charge on any atom is 1.00 e. The molecule has 2 heterocycles. The zero-order chi connectivity index (χ0) is 47.8. The van der Waals surface area contributed by atoms with E-state index in [1.54, 1.807) is 13.8 Å². The summed E-state index contributed by atoms with van der Waals surface area (Å²) in [5.74, 6) is -4.05. The number of fused-ring (bicyclic) bond motifs is 2. The quantitative estimate of drug-likeness (QED) is 0.111. The number of aryl methyl sites for hydroxylation is 2. The topological polar surface area (TPSA) is 221 Å². The third-order valence-electron chi connectivity index (χ3n) is 6.67. The summed E-state index contributed by atoms with van der Waals surface area (Å²) in [5, 5.41) is 48.2. The largest absolute Gasteiger partial charge is 1.00 e. The number of aliphatic carboxylic acids is 1. The third-order valence-corrected chi connectivity index (χ3v) is 6.67. The van der Waals surface area contributed by atoms with Crippen molar-refractivity contribution in [1.29, 1.82) is 0 Å². The number of methoxy groups -OCH3 is 1. The van der Waals surface area contributed by atoms with Gasteiger partial charge in [0.1, 0.15) is 29.5 Å². The molecule has 0 saturated carbocycles. The number of nitrogens with one attached hydrogen (secondary N) is 1. The Kier molecular flexibility index (Phi) is 12.3. The number of ether oxygens (including phenoxy) is 3. The standard InChI is InChI=1S/C19H16N2O5.C18H15NO4.CH4O.CH3O.Na/c1-11-15-9-13(26-12-5-3-2-4-6-12)7-8-14(15)18(24)17(21-11)19(25)20-10-16(22)23;1-11-15-10-13(23-12-6-4-3-5-7-12)8-9-14(15)17(20)16(19-11)18(21)22-2;2*1-2;/h2-9,24H,10H2,1H3,(H,20,25)(H,22,23);3-10,20H,1-2H3;2H,1H3;1H3;/q;;;-1;+1/i2D,3D,4D,5D,6D;3D,4D,5D,6D,7D;;;. The van der Waals surface area contributed by atoms with Gasteiger partial charge >= 0.3 is 41.5 Å². The summed E-state index contributed by atoms with van der Waals surface area (Å²) in [6, 6.07) is 3.59. The zero-order valence-electron chi connectivity index (χ0n) is 39.7. The number of esters is 1. The molecule has 5 N–H and O–H groups in total. The molecule has 54 heavy (non-hydrogen) atoms. The molecule has 6 rings (SSSR count). The second-order valence-corrected chi connectivity index (χ2v) is 9.88. The number of amides is 1. The minimum absolute atomic E-state index is 0. The first-order valence-corrected chi connectivity index (χ1v) is 14.9. The van der Waals surface area contributed by atoms with Gasteiger partial charge in [0.2, 0.25) is 0 Å². The Morgan fingerprint density at radius 3 is 1.52 bits per heavy atom. The molecule has 6 aromatic rings. The normalized spacial score (nSPS) is 12.4. The zero-order valence-corrected chi connectivity index (χ0v) is 31.7. The van der Waals surface area contributed by atoms with E-state index in [2.05, 4.69) is 20.0 Å². The number of carbonyl (C=O) groups is 3. The molecule has 0 saturated heterocycles. The molecule has 0 spiro atoms. The van der Waals surface area contributed by atoms with Gasteiger partial charge in [-0.2, -0.15) is 7.11 Å². The van der Waals surface area contributed by atoms with E-state index in [0.717, 1.165) is 14.2 Å².